The van der Waals surface area contributed by atoms with Crippen molar-refractivity contribution in [1.82, 2.24) is 0 Å². The zero-order valence-electron chi connectivity index (χ0n) is 10.3. The molecule has 4 nitrogen and oxygen atoms in total. The maximum absolute atomic E-state index is 9.46. The molecular formula is C12H20ClNO3. The SMILES string of the molecule is COc1cc([C@H](N)C(C)(C)CO)ccc1O.Cl. The van der Waals surface area contributed by atoms with E-state index < -0.39 is 5.41 Å². The first-order valence-corrected chi connectivity index (χ1v) is 5.15. The van der Waals surface area contributed by atoms with Crippen molar-refractivity contribution < 1.29 is 14.9 Å². The summed E-state index contributed by atoms with van der Waals surface area (Å²) in [5, 5.41) is 18.7. The Hall–Kier alpha value is -0.970. The quantitative estimate of drug-likeness (QED) is 0.773. The van der Waals surface area contributed by atoms with E-state index >= 15 is 0 Å². The van der Waals surface area contributed by atoms with Crippen molar-refractivity contribution in [2.24, 2.45) is 11.1 Å². The van der Waals surface area contributed by atoms with E-state index in [-0.39, 0.29) is 30.8 Å². The number of aliphatic hydroxyl groups excluding tert-OH is 1. The number of methoxy groups -OCH3 is 1. The highest BCUT2D eigenvalue weighted by atomic mass is 35.5. The van der Waals surface area contributed by atoms with Gasteiger partial charge in [-0.05, 0) is 17.7 Å². The Bertz CT molecular complexity index is 369. The number of aliphatic hydroxyl groups is 1. The summed E-state index contributed by atoms with van der Waals surface area (Å²) in [4.78, 5) is 0. The van der Waals surface area contributed by atoms with Crippen LogP contribution in [0.2, 0.25) is 0 Å². The average molecular weight is 262 g/mol. The van der Waals surface area contributed by atoms with Gasteiger partial charge in [-0.15, -0.1) is 12.4 Å². The second kappa shape index (κ2) is 6.10. The summed E-state index contributed by atoms with van der Waals surface area (Å²) in [6, 6.07) is 4.66. The first-order valence-electron chi connectivity index (χ1n) is 5.15. The number of benzene rings is 1. The van der Waals surface area contributed by atoms with Crippen LogP contribution in [0.25, 0.3) is 0 Å². The number of phenolic OH excluding ortho intramolecular Hbond substituents is 1. The Kier molecular flexibility index (Phi) is 5.75. The number of ether oxygens (including phenoxy) is 1. The molecular weight excluding hydrogens is 242 g/mol. The Morgan fingerprint density at radius 1 is 1.41 bits per heavy atom. The largest absolute Gasteiger partial charge is 0.504 e. The summed E-state index contributed by atoms with van der Waals surface area (Å²) in [5.41, 5.74) is 6.47. The molecule has 0 amide bonds. The molecule has 0 aliphatic heterocycles. The molecule has 0 radical (unpaired) electrons. The zero-order valence-corrected chi connectivity index (χ0v) is 11.1. The van der Waals surface area contributed by atoms with Crippen LogP contribution in [-0.2, 0) is 0 Å². The van der Waals surface area contributed by atoms with Crippen molar-refractivity contribution in [3.05, 3.63) is 23.8 Å². The molecule has 0 unspecified atom stereocenters. The first-order chi connectivity index (χ1) is 7.42. The Balaban J connectivity index is 0.00000256. The van der Waals surface area contributed by atoms with Gasteiger partial charge in [0.2, 0.25) is 0 Å². The fourth-order valence-electron chi connectivity index (χ4n) is 1.44. The van der Waals surface area contributed by atoms with Gasteiger partial charge in [0.25, 0.3) is 0 Å². The summed E-state index contributed by atoms with van der Waals surface area (Å²) in [6.07, 6.45) is 0. The smallest absolute Gasteiger partial charge is 0.160 e. The van der Waals surface area contributed by atoms with Crippen molar-refractivity contribution in [2.75, 3.05) is 13.7 Å². The van der Waals surface area contributed by atoms with E-state index in [2.05, 4.69) is 0 Å². The van der Waals surface area contributed by atoms with Crippen molar-refractivity contribution in [2.45, 2.75) is 19.9 Å². The average Bonchev–Trinajstić information content (AvgIpc) is 2.28. The van der Waals surface area contributed by atoms with Crippen molar-refractivity contribution >= 4 is 12.4 Å². The molecule has 1 atom stereocenters. The normalized spacial score (nSPS) is 12.8. The van der Waals surface area contributed by atoms with E-state index in [0.717, 1.165) is 5.56 Å². The molecule has 1 aromatic carbocycles. The minimum absolute atomic E-state index is 0. The molecule has 98 valence electrons. The fraction of sp³-hybridized carbons (Fsp3) is 0.500. The molecule has 0 aliphatic carbocycles. The summed E-state index contributed by atoms with van der Waals surface area (Å²) < 4.78 is 5.01. The fourth-order valence-corrected chi connectivity index (χ4v) is 1.44. The number of aromatic hydroxyl groups is 1. The second-order valence-corrected chi connectivity index (χ2v) is 4.56. The molecule has 4 N–H and O–H groups in total. The Morgan fingerprint density at radius 3 is 2.47 bits per heavy atom. The standard InChI is InChI=1S/C12H19NO3.ClH/c1-12(2,7-14)11(13)8-4-5-9(15)10(6-8)16-3;/h4-6,11,14-15H,7,13H2,1-3H3;1H/t11-;/m0./s1. The van der Waals surface area contributed by atoms with Gasteiger partial charge in [-0.25, -0.2) is 0 Å². The molecule has 17 heavy (non-hydrogen) atoms. The van der Waals surface area contributed by atoms with Crippen LogP contribution >= 0.6 is 12.4 Å². The second-order valence-electron chi connectivity index (χ2n) is 4.56. The van der Waals surface area contributed by atoms with Gasteiger partial charge in [0.1, 0.15) is 0 Å². The van der Waals surface area contributed by atoms with Gasteiger partial charge >= 0.3 is 0 Å². The number of halogens is 1. The Morgan fingerprint density at radius 2 is 2.00 bits per heavy atom. The predicted octanol–water partition coefficient (Wildman–Crippen LogP) is 1.84. The highest BCUT2D eigenvalue weighted by molar-refractivity contribution is 5.85. The molecule has 0 saturated heterocycles. The molecule has 0 aromatic heterocycles. The van der Waals surface area contributed by atoms with Crippen LogP contribution in [-0.4, -0.2) is 23.9 Å². The molecule has 0 heterocycles. The number of hydrogen-bond acceptors (Lipinski definition) is 4. The van der Waals surface area contributed by atoms with Crippen LogP contribution in [0, 0.1) is 5.41 Å². The summed E-state index contributed by atoms with van der Waals surface area (Å²) in [6.45, 7) is 3.77. The third-order valence-corrected chi connectivity index (χ3v) is 2.81. The highest BCUT2D eigenvalue weighted by Crippen LogP contribution is 2.35. The Labute approximate surface area is 108 Å². The molecule has 1 rings (SSSR count). The van der Waals surface area contributed by atoms with E-state index in [1.807, 2.05) is 13.8 Å². The van der Waals surface area contributed by atoms with Crippen LogP contribution in [0.5, 0.6) is 11.5 Å². The van der Waals surface area contributed by atoms with Crippen molar-refractivity contribution in [3.63, 3.8) is 0 Å². The van der Waals surface area contributed by atoms with E-state index in [1.165, 1.54) is 7.11 Å². The van der Waals surface area contributed by atoms with E-state index in [0.29, 0.717) is 5.75 Å². The number of rotatable bonds is 4. The van der Waals surface area contributed by atoms with Crippen LogP contribution < -0.4 is 10.5 Å². The van der Waals surface area contributed by atoms with Crippen LogP contribution in [0.3, 0.4) is 0 Å². The van der Waals surface area contributed by atoms with Gasteiger partial charge in [-0.1, -0.05) is 19.9 Å². The molecule has 1 aromatic rings. The van der Waals surface area contributed by atoms with Crippen molar-refractivity contribution in [3.8, 4) is 11.5 Å². The molecule has 0 aliphatic rings. The molecule has 0 saturated carbocycles. The van der Waals surface area contributed by atoms with Crippen LogP contribution in [0.15, 0.2) is 18.2 Å². The maximum atomic E-state index is 9.46. The maximum Gasteiger partial charge on any atom is 0.160 e. The van der Waals surface area contributed by atoms with Gasteiger partial charge in [-0.2, -0.15) is 0 Å². The first kappa shape index (κ1) is 16.0. The van der Waals surface area contributed by atoms with Crippen molar-refractivity contribution in [1.29, 1.82) is 0 Å². The van der Waals surface area contributed by atoms with E-state index in [1.54, 1.807) is 18.2 Å². The lowest BCUT2D eigenvalue weighted by Gasteiger charge is -2.30. The third kappa shape index (κ3) is 3.49. The molecule has 5 heteroatoms. The monoisotopic (exact) mass is 261 g/mol. The van der Waals surface area contributed by atoms with Crippen LogP contribution in [0.1, 0.15) is 25.5 Å². The van der Waals surface area contributed by atoms with Gasteiger partial charge in [0, 0.05) is 18.1 Å². The summed E-state index contributed by atoms with van der Waals surface area (Å²) >= 11 is 0. The molecule has 0 fully saturated rings. The minimum atomic E-state index is -0.415. The minimum Gasteiger partial charge on any atom is -0.504 e. The summed E-state index contributed by atoms with van der Waals surface area (Å²) in [5.74, 6) is 0.474. The number of hydrogen-bond donors (Lipinski definition) is 3. The topological polar surface area (TPSA) is 75.7 Å². The van der Waals surface area contributed by atoms with E-state index in [9.17, 15) is 10.2 Å². The lowest BCUT2D eigenvalue weighted by molar-refractivity contribution is 0.132. The molecule has 0 spiro atoms. The van der Waals surface area contributed by atoms with E-state index in [4.69, 9.17) is 10.5 Å². The predicted molar refractivity (Wildman–Crippen MR) is 69.7 cm³/mol. The lowest BCUT2D eigenvalue weighted by Crippen LogP contribution is -2.32. The number of phenols is 1. The number of nitrogens with two attached hydrogens (primary N) is 1. The highest BCUT2D eigenvalue weighted by Gasteiger charge is 2.27. The van der Waals surface area contributed by atoms with Gasteiger partial charge in [0.05, 0.1) is 7.11 Å². The summed E-state index contributed by atoms with van der Waals surface area (Å²) in [7, 11) is 1.49. The lowest BCUT2D eigenvalue weighted by atomic mass is 9.82. The van der Waals surface area contributed by atoms with Crippen LogP contribution in [0.4, 0.5) is 0 Å². The third-order valence-electron chi connectivity index (χ3n) is 2.81. The van der Waals surface area contributed by atoms with Gasteiger partial charge < -0.3 is 20.7 Å². The van der Waals surface area contributed by atoms with Gasteiger partial charge in [-0.3, -0.25) is 0 Å². The zero-order chi connectivity index (χ0) is 12.3. The van der Waals surface area contributed by atoms with Gasteiger partial charge in [0.15, 0.2) is 11.5 Å². The molecule has 0 bridgehead atoms.